The van der Waals surface area contributed by atoms with Crippen LogP contribution in [0.1, 0.15) is 39.3 Å². The van der Waals surface area contributed by atoms with Gasteiger partial charge in [-0.05, 0) is 34.9 Å². The Morgan fingerprint density at radius 2 is 1.28 bits per heavy atom. The highest BCUT2D eigenvalue weighted by atomic mass is 35.5. The second-order valence-corrected chi connectivity index (χ2v) is 9.41. The summed E-state index contributed by atoms with van der Waals surface area (Å²) in [5.41, 5.74) is 3.12. The average Bonchev–Trinajstić information content (AvgIpc) is 3.38. The van der Waals surface area contributed by atoms with Crippen LogP contribution in [0.2, 0.25) is 10.0 Å². The number of hydrogen-bond acceptors (Lipinski definition) is 2. The zero-order valence-corrected chi connectivity index (χ0v) is 21.0. The Morgan fingerprint density at radius 1 is 0.750 bits per heavy atom. The van der Waals surface area contributed by atoms with Crippen molar-refractivity contribution in [2.45, 2.75) is 18.4 Å². The molecule has 1 heterocycles. The Hall–Kier alpha value is -3.66. The highest BCUT2D eigenvalue weighted by molar-refractivity contribution is 6.36. The molecular formula is C31H24Cl2N2O. The normalized spacial score (nSPS) is 11.4. The van der Waals surface area contributed by atoms with E-state index < -0.39 is 5.54 Å². The number of imidazole rings is 1. The number of carbonyl (C=O) groups excluding carboxylic acids is 1. The molecule has 0 N–H and O–H groups in total. The Labute approximate surface area is 221 Å². The van der Waals surface area contributed by atoms with Crippen molar-refractivity contribution in [1.29, 1.82) is 0 Å². The van der Waals surface area contributed by atoms with Gasteiger partial charge in [-0.15, -0.1) is 0 Å². The molecule has 5 aromatic rings. The molecule has 36 heavy (non-hydrogen) atoms. The molecule has 4 aromatic carbocycles. The first-order valence-corrected chi connectivity index (χ1v) is 12.5. The van der Waals surface area contributed by atoms with E-state index in [4.69, 9.17) is 28.2 Å². The maximum atomic E-state index is 13.1. The summed E-state index contributed by atoms with van der Waals surface area (Å²) in [6.45, 7) is 0. The lowest BCUT2D eigenvalue weighted by atomic mass is 9.76. The fourth-order valence-electron chi connectivity index (χ4n) is 4.86. The number of benzene rings is 4. The Kier molecular flexibility index (Phi) is 7.04. The number of hydrogen-bond donors (Lipinski definition) is 0. The molecular weight excluding hydrogens is 487 g/mol. The van der Waals surface area contributed by atoms with E-state index in [1.165, 1.54) is 0 Å². The van der Waals surface area contributed by atoms with Crippen molar-refractivity contribution in [3.8, 4) is 0 Å². The number of aryl methyl sites for hydroxylation is 1. The van der Waals surface area contributed by atoms with Gasteiger partial charge in [0.05, 0.1) is 5.02 Å². The summed E-state index contributed by atoms with van der Waals surface area (Å²) >= 11 is 12.3. The summed E-state index contributed by atoms with van der Waals surface area (Å²) in [7, 11) is 0. The number of halogens is 2. The Morgan fingerprint density at radius 3 is 1.78 bits per heavy atom. The highest BCUT2D eigenvalue weighted by Gasteiger charge is 2.39. The fraction of sp³-hybridized carbons (Fsp3) is 0.0968. The number of carbonyl (C=O) groups is 1. The van der Waals surface area contributed by atoms with Gasteiger partial charge in [0, 0.05) is 35.8 Å². The molecule has 5 rings (SSSR count). The molecule has 0 aliphatic carbocycles. The molecule has 0 radical (unpaired) electrons. The molecule has 3 nitrogen and oxygen atoms in total. The van der Waals surface area contributed by atoms with Gasteiger partial charge in [-0.2, -0.15) is 0 Å². The van der Waals surface area contributed by atoms with Gasteiger partial charge >= 0.3 is 0 Å². The van der Waals surface area contributed by atoms with Crippen molar-refractivity contribution in [1.82, 2.24) is 9.55 Å². The molecule has 0 atom stereocenters. The monoisotopic (exact) mass is 510 g/mol. The van der Waals surface area contributed by atoms with Crippen LogP contribution in [0.25, 0.3) is 0 Å². The molecule has 0 aliphatic heterocycles. The molecule has 0 saturated heterocycles. The first kappa shape index (κ1) is 24.1. The van der Waals surface area contributed by atoms with Crippen LogP contribution >= 0.6 is 23.2 Å². The van der Waals surface area contributed by atoms with Crippen LogP contribution < -0.4 is 0 Å². The maximum Gasteiger partial charge on any atom is 0.164 e. The van der Waals surface area contributed by atoms with Crippen molar-refractivity contribution in [3.63, 3.8) is 0 Å². The predicted molar refractivity (Wildman–Crippen MR) is 146 cm³/mol. The van der Waals surface area contributed by atoms with Crippen LogP contribution in [0, 0.1) is 0 Å². The number of Topliss-reactive ketones (excluding diaryl/α,β-unsaturated/α-hetero) is 1. The van der Waals surface area contributed by atoms with Gasteiger partial charge in [-0.3, -0.25) is 4.79 Å². The van der Waals surface area contributed by atoms with Crippen LogP contribution in [0.15, 0.2) is 122 Å². The van der Waals surface area contributed by atoms with E-state index in [1.807, 2.05) is 24.4 Å². The number of nitrogens with zero attached hydrogens (tertiary/aromatic N) is 2. The third-order valence-corrected chi connectivity index (χ3v) is 7.01. The predicted octanol–water partition coefficient (Wildman–Crippen LogP) is 7.85. The van der Waals surface area contributed by atoms with Gasteiger partial charge in [-0.1, -0.05) is 114 Å². The van der Waals surface area contributed by atoms with E-state index in [9.17, 15) is 4.79 Å². The number of rotatable bonds is 8. The van der Waals surface area contributed by atoms with E-state index in [0.29, 0.717) is 22.0 Å². The largest absolute Gasteiger partial charge is 0.316 e. The van der Waals surface area contributed by atoms with E-state index in [-0.39, 0.29) is 12.2 Å². The van der Waals surface area contributed by atoms with Crippen molar-refractivity contribution in [2.24, 2.45) is 0 Å². The Balaban J connectivity index is 1.63. The molecule has 5 heteroatoms. The molecule has 0 fully saturated rings. The summed E-state index contributed by atoms with van der Waals surface area (Å²) in [5, 5.41) is 0.869. The average molecular weight is 511 g/mol. The first-order valence-electron chi connectivity index (χ1n) is 11.8. The third kappa shape index (κ3) is 4.48. The van der Waals surface area contributed by atoms with Crippen LogP contribution in [0.4, 0.5) is 0 Å². The smallest absolute Gasteiger partial charge is 0.164 e. The lowest BCUT2D eigenvalue weighted by Gasteiger charge is -2.38. The zero-order valence-electron chi connectivity index (χ0n) is 19.5. The summed E-state index contributed by atoms with van der Waals surface area (Å²) in [5.74, 6) is 0.765. The standard InChI is InChI=1S/C31H24Cl2N2O/c32-26-16-17-27(28(33)22-26)29(36)18-19-30-34-20-21-35(30)31(23-10-4-1-5-11-23,24-12-6-2-7-13-24)25-14-8-3-9-15-25/h1-17,20-22H,18-19H2. The van der Waals surface area contributed by atoms with Crippen molar-refractivity contribution in [2.75, 3.05) is 0 Å². The fourth-order valence-corrected chi connectivity index (χ4v) is 5.37. The second kappa shape index (κ2) is 10.5. The van der Waals surface area contributed by atoms with Crippen molar-refractivity contribution in [3.05, 3.63) is 160 Å². The molecule has 0 bridgehead atoms. The van der Waals surface area contributed by atoms with Crippen LogP contribution in [-0.4, -0.2) is 15.3 Å². The maximum absolute atomic E-state index is 13.1. The molecule has 0 spiro atoms. The second-order valence-electron chi connectivity index (χ2n) is 8.57. The summed E-state index contributed by atoms with van der Waals surface area (Å²) < 4.78 is 2.20. The summed E-state index contributed by atoms with van der Waals surface area (Å²) in [4.78, 5) is 17.8. The van der Waals surface area contributed by atoms with Gasteiger partial charge in [0.25, 0.3) is 0 Å². The molecule has 0 amide bonds. The van der Waals surface area contributed by atoms with E-state index in [0.717, 1.165) is 22.5 Å². The van der Waals surface area contributed by atoms with Gasteiger partial charge in [0.2, 0.25) is 0 Å². The van der Waals surface area contributed by atoms with E-state index in [2.05, 4.69) is 77.4 Å². The van der Waals surface area contributed by atoms with Crippen LogP contribution in [-0.2, 0) is 12.0 Å². The SMILES string of the molecule is O=C(CCc1nccn1C(c1ccccc1)(c1ccccc1)c1ccccc1)c1ccc(Cl)cc1Cl. The van der Waals surface area contributed by atoms with Gasteiger partial charge in [0.15, 0.2) is 5.78 Å². The first-order chi connectivity index (χ1) is 17.6. The topological polar surface area (TPSA) is 34.9 Å². The molecule has 0 saturated carbocycles. The van der Waals surface area contributed by atoms with E-state index in [1.54, 1.807) is 24.4 Å². The summed E-state index contributed by atoms with van der Waals surface area (Å²) in [6.07, 6.45) is 4.53. The minimum absolute atomic E-state index is 0.0454. The van der Waals surface area contributed by atoms with E-state index >= 15 is 0 Å². The minimum atomic E-state index is -0.670. The molecule has 178 valence electrons. The van der Waals surface area contributed by atoms with Crippen molar-refractivity contribution < 1.29 is 4.79 Å². The quantitative estimate of drug-likeness (QED) is 0.157. The molecule has 1 aromatic heterocycles. The highest BCUT2D eigenvalue weighted by Crippen LogP contribution is 2.41. The molecule has 0 aliphatic rings. The number of aromatic nitrogens is 2. The lowest BCUT2D eigenvalue weighted by molar-refractivity contribution is 0.0982. The summed E-state index contributed by atoms with van der Waals surface area (Å²) in [6, 6.07) is 36.2. The molecule has 0 unspecified atom stereocenters. The minimum Gasteiger partial charge on any atom is -0.316 e. The zero-order chi connectivity index (χ0) is 25.0. The number of ketones is 1. The Bertz CT molecular complexity index is 1370. The van der Waals surface area contributed by atoms with Crippen molar-refractivity contribution >= 4 is 29.0 Å². The van der Waals surface area contributed by atoms with Gasteiger partial charge < -0.3 is 4.57 Å². The van der Waals surface area contributed by atoms with Gasteiger partial charge in [0.1, 0.15) is 11.4 Å². The van der Waals surface area contributed by atoms with Crippen LogP contribution in [0.3, 0.4) is 0 Å². The van der Waals surface area contributed by atoms with Gasteiger partial charge in [-0.25, -0.2) is 4.98 Å². The third-order valence-electron chi connectivity index (χ3n) is 6.46. The lowest BCUT2D eigenvalue weighted by Crippen LogP contribution is -2.38. The van der Waals surface area contributed by atoms with Crippen LogP contribution in [0.5, 0.6) is 0 Å².